The minimum absolute atomic E-state index is 0.266. The van der Waals surface area contributed by atoms with Gasteiger partial charge in [0.1, 0.15) is 12.4 Å². The first-order valence-electron chi connectivity index (χ1n) is 8.61. The third-order valence-electron chi connectivity index (χ3n) is 4.07. The number of nitrogens with zero attached hydrogens (tertiary/aromatic N) is 1. The predicted molar refractivity (Wildman–Crippen MR) is 97.2 cm³/mol. The molecule has 2 aromatic rings. The molecule has 1 aliphatic heterocycles. The maximum Gasteiger partial charge on any atom is 0.339 e. The SMILES string of the molecule is C[C@H](OC(=O)c1cccc(OCc2ccccc2)c1)C(=O)N1CCNC1=O. The molecule has 7 nitrogen and oxygen atoms in total. The topological polar surface area (TPSA) is 84.9 Å². The van der Waals surface area contributed by atoms with E-state index in [4.69, 9.17) is 9.47 Å². The molecule has 2 aromatic carbocycles. The lowest BCUT2D eigenvalue weighted by Crippen LogP contribution is -2.41. The van der Waals surface area contributed by atoms with Crippen molar-refractivity contribution in [1.82, 2.24) is 10.2 Å². The van der Waals surface area contributed by atoms with Crippen molar-refractivity contribution >= 4 is 17.9 Å². The molecule has 1 atom stereocenters. The number of benzene rings is 2. The van der Waals surface area contributed by atoms with Gasteiger partial charge in [-0.2, -0.15) is 0 Å². The summed E-state index contributed by atoms with van der Waals surface area (Å²) in [6, 6.07) is 15.7. The molecule has 0 bridgehead atoms. The first-order chi connectivity index (χ1) is 13.0. The third-order valence-corrected chi connectivity index (χ3v) is 4.07. The molecule has 1 aliphatic rings. The summed E-state index contributed by atoms with van der Waals surface area (Å²) in [5.74, 6) is -0.679. The van der Waals surface area contributed by atoms with Crippen LogP contribution < -0.4 is 10.1 Å². The molecule has 0 aliphatic carbocycles. The van der Waals surface area contributed by atoms with Gasteiger partial charge >= 0.3 is 12.0 Å². The fourth-order valence-electron chi connectivity index (χ4n) is 2.63. The Morgan fingerprint density at radius 2 is 1.93 bits per heavy atom. The van der Waals surface area contributed by atoms with Gasteiger partial charge in [-0.15, -0.1) is 0 Å². The van der Waals surface area contributed by atoms with Crippen LogP contribution in [-0.2, 0) is 16.1 Å². The molecule has 7 heteroatoms. The fourth-order valence-corrected chi connectivity index (χ4v) is 2.63. The largest absolute Gasteiger partial charge is 0.489 e. The van der Waals surface area contributed by atoms with Crippen LogP contribution in [0, 0.1) is 0 Å². The first-order valence-corrected chi connectivity index (χ1v) is 8.61. The van der Waals surface area contributed by atoms with E-state index in [9.17, 15) is 14.4 Å². The van der Waals surface area contributed by atoms with E-state index in [0.717, 1.165) is 10.5 Å². The number of hydrogen-bond donors (Lipinski definition) is 1. The number of nitrogens with one attached hydrogen (secondary N) is 1. The Bertz CT molecular complexity index is 837. The number of imide groups is 1. The maximum absolute atomic E-state index is 12.3. The molecule has 1 N–H and O–H groups in total. The number of carbonyl (C=O) groups is 3. The zero-order chi connectivity index (χ0) is 19.2. The highest BCUT2D eigenvalue weighted by atomic mass is 16.5. The summed E-state index contributed by atoms with van der Waals surface area (Å²) in [5, 5.41) is 2.53. The van der Waals surface area contributed by atoms with Crippen molar-refractivity contribution in [2.75, 3.05) is 13.1 Å². The van der Waals surface area contributed by atoms with Crippen LogP contribution in [0.5, 0.6) is 5.75 Å². The summed E-state index contributed by atoms with van der Waals surface area (Å²) in [7, 11) is 0. The lowest BCUT2D eigenvalue weighted by Gasteiger charge is -2.18. The monoisotopic (exact) mass is 368 g/mol. The normalized spacial score (nSPS) is 14.4. The second-order valence-electron chi connectivity index (χ2n) is 6.07. The summed E-state index contributed by atoms with van der Waals surface area (Å²) >= 11 is 0. The molecule has 27 heavy (non-hydrogen) atoms. The van der Waals surface area contributed by atoms with Gasteiger partial charge in [-0.25, -0.2) is 9.59 Å². The van der Waals surface area contributed by atoms with Crippen LogP contribution in [-0.4, -0.2) is 42.0 Å². The van der Waals surface area contributed by atoms with Crippen LogP contribution in [0.2, 0.25) is 0 Å². The molecule has 1 fully saturated rings. The Morgan fingerprint density at radius 3 is 2.63 bits per heavy atom. The number of urea groups is 1. The van der Waals surface area contributed by atoms with E-state index in [2.05, 4.69) is 5.32 Å². The average molecular weight is 368 g/mol. The van der Waals surface area contributed by atoms with Gasteiger partial charge in [0.25, 0.3) is 5.91 Å². The summed E-state index contributed by atoms with van der Waals surface area (Å²) in [5.41, 5.74) is 1.28. The molecule has 0 aromatic heterocycles. The Labute approximate surface area is 156 Å². The molecular weight excluding hydrogens is 348 g/mol. The number of amides is 3. The summed E-state index contributed by atoms with van der Waals surface area (Å²) in [6.45, 7) is 2.48. The molecule has 140 valence electrons. The van der Waals surface area contributed by atoms with Gasteiger partial charge in [0, 0.05) is 13.1 Å². The van der Waals surface area contributed by atoms with Crippen molar-refractivity contribution in [3.05, 3.63) is 65.7 Å². The highest BCUT2D eigenvalue weighted by Gasteiger charge is 2.31. The van der Waals surface area contributed by atoms with E-state index in [-0.39, 0.29) is 12.1 Å². The standard InChI is InChI=1S/C20H20N2O5/c1-14(18(23)22-11-10-21-20(22)25)27-19(24)16-8-5-9-17(12-16)26-13-15-6-3-2-4-7-15/h2-9,12,14H,10-11,13H2,1H3,(H,21,25)/t14-/m0/s1. The first kappa shape index (κ1) is 18.4. The van der Waals surface area contributed by atoms with Gasteiger partial charge in [0.05, 0.1) is 5.56 Å². The van der Waals surface area contributed by atoms with Crippen molar-refractivity contribution in [2.24, 2.45) is 0 Å². The molecular formula is C20H20N2O5. The molecule has 0 unspecified atom stereocenters. The molecule has 0 radical (unpaired) electrons. The highest BCUT2D eigenvalue weighted by molar-refractivity contribution is 5.99. The van der Waals surface area contributed by atoms with Crippen LogP contribution >= 0.6 is 0 Å². The summed E-state index contributed by atoms with van der Waals surface area (Å²) < 4.78 is 10.9. The molecule has 1 heterocycles. The number of esters is 1. The average Bonchev–Trinajstić information content (AvgIpc) is 3.12. The van der Waals surface area contributed by atoms with Crippen LogP contribution in [0.4, 0.5) is 4.79 Å². The number of hydrogen-bond acceptors (Lipinski definition) is 5. The van der Waals surface area contributed by atoms with Gasteiger partial charge in [-0.3, -0.25) is 9.69 Å². The zero-order valence-electron chi connectivity index (χ0n) is 14.9. The van der Waals surface area contributed by atoms with E-state index in [1.807, 2.05) is 30.3 Å². The lowest BCUT2D eigenvalue weighted by atomic mass is 10.2. The van der Waals surface area contributed by atoms with Gasteiger partial charge in [-0.1, -0.05) is 36.4 Å². The highest BCUT2D eigenvalue weighted by Crippen LogP contribution is 2.17. The van der Waals surface area contributed by atoms with Crippen LogP contribution in [0.3, 0.4) is 0 Å². The third kappa shape index (κ3) is 4.63. The second kappa shape index (κ2) is 8.35. The van der Waals surface area contributed by atoms with E-state index in [1.54, 1.807) is 24.3 Å². The van der Waals surface area contributed by atoms with E-state index >= 15 is 0 Å². The Morgan fingerprint density at radius 1 is 1.15 bits per heavy atom. The van der Waals surface area contributed by atoms with Gasteiger partial charge in [0.15, 0.2) is 6.10 Å². The van der Waals surface area contributed by atoms with Crippen LogP contribution in [0.15, 0.2) is 54.6 Å². The van der Waals surface area contributed by atoms with Crippen molar-refractivity contribution in [3.63, 3.8) is 0 Å². The van der Waals surface area contributed by atoms with Crippen molar-refractivity contribution in [1.29, 1.82) is 0 Å². The Balaban J connectivity index is 1.59. The summed E-state index contributed by atoms with van der Waals surface area (Å²) in [4.78, 5) is 37.1. The van der Waals surface area contributed by atoms with Crippen molar-refractivity contribution < 1.29 is 23.9 Å². The lowest BCUT2D eigenvalue weighted by molar-refractivity contribution is -0.136. The molecule has 1 saturated heterocycles. The fraction of sp³-hybridized carbons (Fsp3) is 0.250. The zero-order valence-corrected chi connectivity index (χ0v) is 14.9. The van der Waals surface area contributed by atoms with Crippen molar-refractivity contribution in [3.8, 4) is 5.75 Å². The number of rotatable bonds is 6. The molecule has 3 amide bonds. The number of carbonyl (C=O) groups excluding carboxylic acids is 3. The van der Waals surface area contributed by atoms with Gasteiger partial charge < -0.3 is 14.8 Å². The minimum atomic E-state index is -1.06. The predicted octanol–water partition coefficient (Wildman–Crippen LogP) is 2.36. The maximum atomic E-state index is 12.3. The smallest absolute Gasteiger partial charge is 0.339 e. The number of ether oxygens (including phenoxy) is 2. The quantitative estimate of drug-likeness (QED) is 0.791. The van der Waals surface area contributed by atoms with Crippen LogP contribution in [0.1, 0.15) is 22.8 Å². The van der Waals surface area contributed by atoms with Crippen LogP contribution in [0.25, 0.3) is 0 Å². The Kier molecular flexibility index (Phi) is 5.71. The van der Waals surface area contributed by atoms with Gasteiger partial charge in [-0.05, 0) is 30.7 Å². The molecule has 0 spiro atoms. The Hall–Kier alpha value is -3.35. The second-order valence-corrected chi connectivity index (χ2v) is 6.07. The molecule has 0 saturated carbocycles. The van der Waals surface area contributed by atoms with E-state index in [0.29, 0.717) is 18.9 Å². The molecule has 3 rings (SSSR count). The van der Waals surface area contributed by atoms with Crippen molar-refractivity contribution in [2.45, 2.75) is 19.6 Å². The minimum Gasteiger partial charge on any atom is -0.489 e. The summed E-state index contributed by atoms with van der Waals surface area (Å²) in [6.07, 6.45) is -1.06. The van der Waals surface area contributed by atoms with E-state index in [1.165, 1.54) is 6.92 Å². The van der Waals surface area contributed by atoms with Gasteiger partial charge in [0.2, 0.25) is 0 Å². The van der Waals surface area contributed by atoms with E-state index < -0.39 is 24.0 Å².